The second kappa shape index (κ2) is 8.12. The number of anilines is 1. The summed E-state index contributed by atoms with van der Waals surface area (Å²) in [5, 5.41) is 3.79. The van der Waals surface area contributed by atoms with Gasteiger partial charge in [-0.15, -0.1) is 0 Å². The molecule has 1 aliphatic rings. The van der Waals surface area contributed by atoms with Crippen molar-refractivity contribution in [2.75, 3.05) is 31.1 Å². The maximum absolute atomic E-state index is 12.8. The zero-order valence-corrected chi connectivity index (χ0v) is 15.7. The Labute approximate surface area is 163 Å². The second-order valence-electron chi connectivity index (χ2n) is 6.66. The Morgan fingerprint density at radius 1 is 1.04 bits per heavy atom. The topological polar surface area (TPSA) is 71.7 Å². The fourth-order valence-electron chi connectivity index (χ4n) is 3.23. The molecule has 7 nitrogen and oxygen atoms in total. The summed E-state index contributed by atoms with van der Waals surface area (Å²) >= 11 is 0. The Morgan fingerprint density at radius 3 is 2.39 bits per heavy atom. The highest BCUT2D eigenvalue weighted by atomic mass is 16.5. The largest absolute Gasteiger partial charge is 0.485 e. The number of carbonyl (C=O) groups is 1. The highest BCUT2D eigenvalue weighted by Crippen LogP contribution is 2.18. The van der Waals surface area contributed by atoms with Crippen LogP contribution in [0, 0.1) is 6.92 Å². The molecular formula is C21H22N4O3. The molecule has 0 atom stereocenters. The number of nitrogens with zero attached hydrogens (tertiary/aromatic N) is 4. The highest BCUT2D eigenvalue weighted by Gasteiger charge is 2.22. The smallest absolute Gasteiger partial charge is 0.253 e. The lowest BCUT2D eigenvalue weighted by Crippen LogP contribution is -2.48. The molecule has 0 saturated carbocycles. The molecule has 1 fully saturated rings. The van der Waals surface area contributed by atoms with Gasteiger partial charge in [0, 0.05) is 44.4 Å². The molecule has 1 aromatic heterocycles. The summed E-state index contributed by atoms with van der Waals surface area (Å²) in [6.07, 6.45) is 0. The number of rotatable bonds is 5. The average molecular weight is 378 g/mol. The summed E-state index contributed by atoms with van der Waals surface area (Å²) in [6, 6.07) is 17.5. The first kappa shape index (κ1) is 18.0. The van der Waals surface area contributed by atoms with Gasteiger partial charge in [-0.05, 0) is 36.4 Å². The Hall–Kier alpha value is -3.35. The van der Waals surface area contributed by atoms with Gasteiger partial charge in [-0.25, -0.2) is 0 Å². The normalized spacial score (nSPS) is 14.2. The molecular weight excluding hydrogens is 356 g/mol. The molecule has 0 bridgehead atoms. The summed E-state index contributed by atoms with van der Waals surface area (Å²) < 4.78 is 10.5. The second-order valence-corrected chi connectivity index (χ2v) is 6.66. The molecule has 0 N–H and O–H groups in total. The van der Waals surface area contributed by atoms with E-state index in [9.17, 15) is 4.79 Å². The van der Waals surface area contributed by atoms with E-state index < -0.39 is 0 Å². The van der Waals surface area contributed by atoms with Gasteiger partial charge >= 0.3 is 0 Å². The number of ether oxygens (including phenoxy) is 1. The third-order valence-corrected chi connectivity index (χ3v) is 4.73. The molecule has 7 heteroatoms. The van der Waals surface area contributed by atoms with Crippen molar-refractivity contribution in [3.63, 3.8) is 0 Å². The summed E-state index contributed by atoms with van der Waals surface area (Å²) in [6.45, 7) is 5.05. The van der Waals surface area contributed by atoms with E-state index in [0.29, 0.717) is 36.1 Å². The maximum atomic E-state index is 12.8. The van der Waals surface area contributed by atoms with Crippen LogP contribution in [0.1, 0.15) is 22.1 Å². The first-order valence-electron chi connectivity index (χ1n) is 9.30. The van der Waals surface area contributed by atoms with E-state index in [4.69, 9.17) is 9.26 Å². The van der Waals surface area contributed by atoms with Crippen molar-refractivity contribution in [3.8, 4) is 5.75 Å². The van der Waals surface area contributed by atoms with Crippen molar-refractivity contribution in [3.05, 3.63) is 71.9 Å². The van der Waals surface area contributed by atoms with Crippen LogP contribution in [0.4, 0.5) is 5.69 Å². The Bertz CT molecular complexity index is 916. The maximum Gasteiger partial charge on any atom is 0.253 e. The molecule has 1 saturated heterocycles. The first-order valence-corrected chi connectivity index (χ1v) is 9.30. The van der Waals surface area contributed by atoms with Gasteiger partial charge < -0.3 is 19.1 Å². The minimum atomic E-state index is 0.0491. The van der Waals surface area contributed by atoms with E-state index in [1.807, 2.05) is 23.1 Å². The summed E-state index contributed by atoms with van der Waals surface area (Å²) in [7, 11) is 0. The lowest BCUT2D eigenvalue weighted by molar-refractivity contribution is 0.0746. The van der Waals surface area contributed by atoms with E-state index in [2.05, 4.69) is 27.2 Å². The molecule has 0 aliphatic carbocycles. The van der Waals surface area contributed by atoms with Gasteiger partial charge in [0.1, 0.15) is 5.75 Å². The minimum Gasteiger partial charge on any atom is -0.485 e. The lowest BCUT2D eigenvalue weighted by atomic mass is 10.1. The fraction of sp³-hybridized carbons (Fsp3) is 0.286. The van der Waals surface area contributed by atoms with Crippen LogP contribution < -0.4 is 9.64 Å². The molecule has 2 aromatic carbocycles. The van der Waals surface area contributed by atoms with E-state index in [1.54, 1.807) is 31.2 Å². The van der Waals surface area contributed by atoms with Gasteiger partial charge in [0.15, 0.2) is 6.61 Å². The summed E-state index contributed by atoms with van der Waals surface area (Å²) in [4.78, 5) is 21.1. The molecule has 1 amide bonds. The predicted molar refractivity (Wildman–Crippen MR) is 104 cm³/mol. The van der Waals surface area contributed by atoms with E-state index in [0.717, 1.165) is 13.1 Å². The molecule has 3 aromatic rings. The van der Waals surface area contributed by atoms with E-state index in [1.165, 1.54) is 5.69 Å². The summed E-state index contributed by atoms with van der Waals surface area (Å²) in [5.41, 5.74) is 1.86. The SMILES string of the molecule is Cc1nc(COc2ccc(C(=O)N3CCN(c4ccccc4)CC3)cc2)no1. The summed E-state index contributed by atoms with van der Waals surface area (Å²) in [5.74, 6) is 1.71. The molecule has 0 radical (unpaired) electrons. The van der Waals surface area contributed by atoms with Crippen LogP contribution in [0.3, 0.4) is 0 Å². The van der Waals surface area contributed by atoms with Crippen LogP contribution >= 0.6 is 0 Å². The Morgan fingerprint density at radius 2 is 1.75 bits per heavy atom. The molecule has 4 rings (SSSR count). The van der Waals surface area contributed by atoms with Crippen LogP contribution in [0.5, 0.6) is 5.75 Å². The molecule has 0 spiro atoms. The van der Waals surface area contributed by atoms with Crippen molar-refractivity contribution in [1.29, 1.82) is 0 Å². The number of benzene rings is 2. The molecule has 0 unspecified atom stereocenters. The van der Waals surface area contributed by atoms with E-state index in [-0.39, 0.29) is 12.5 Å². The zero-order chi connectivity index (χ0) is 19.3. The molecule has 144 valence electrons. The van der Waals surface area contributed by atoms with Gasteiger partial charge in [-0.1, -0.05) is 23.4 Å². The third-order valence-electron chi connectivity index (χ3n) is 4.73. The fourth-order valence-corrected chi connectivity index (χ4v) is 3.23. The standard InChI is InChI=1S/C21H22N4O3/c1-16-22-20(23-28-16)15-27-19-9-7-17(8-10-19)21(26)25-13-11-24(12-14-25)18-5-3-2-4-6-18/h2-10H,11-15H2,1H3. The van der Waals surface area contributed by atoms with Crippen molar-refractivity contribution in [1.82, 2.24) is 15.0 Å². The van der Waals surface area contributed by atoms with Gasteiger partial charge in [0.2, 0.25) is 11.7 Å². The van der Waals surface area contributed by atoms with Crippen molar-refractivity contribution < 1.29 is 14.1 Å². The average Bonchev–Trinajstić information content (AvgIpc) is 3.18. The van der Waals surface area contributed by atoms with Crippen molar-refractivity contribution in [2.24, 2.45) is 0 Å². The Balaban J connectivity index is 1.31. The minimum absolute atomic E-state index is 0.0491. The van der Waals surface area contributed by atoms with Gasteiger partial charge in [0.05, 0.1) is 0 Å². The molecule has 28 heavy (non-hydrogen) atoms. The van der Waals surface area contributed by atoms with Crippen LogP contribution in [0.2, 0.25) is 0 Å². The number of hydrogen-bond acceptors (Lipinski definition) is 6. The number of para-hydroxylation sites is 1. The first-order chi connectivity index (χ1) is 13.7. The van der Waals surface area contributed by atoms with Gasteiger partial charge in [-0.2, -0.15) is 4.98 Å². The van der Waals surface area contributed by atoms with E-state index >= 15 is 0 Å². The molecule has 1 aliphatic heterocycles. The van der Waals surface area contributed by atoms with Crippen molar-refractivity contribution in [2.45, 2.75) is 13.5 Å². The molecule has 2 heterocycles. The number of aromatic nitrogens is 2. The highest BCUT2D eigenvalue weighted by molar-refractivity contribution is 5.94. The number of carbonyl (C=O) groups excluding carboxylic acids is 1. The number of hydrogen-bond donors (Lipinski definition) is 0. The predicted octanol–water partition coefficient (Wildman–Crippen LogP) is 2.92. The Kier molecular flexibility index (Phi) is 5.23. The van der Waals surface area contributed by atoms with Crippen LogP contribution in [-0.4, -0.2) is 47.1 Å². The third kappa shape index (κ3) is 4.14. The van der Waals surface area contributed by atoms with Crippen LogP contribution in [-0.2, 0) is 6.61 Å². The van der Waals surface area contributed by atoms with Crippen LogP contribution in [0.25, 0.3) is 0 Å². The van der Waals surface area contributed by atoms with Gasteiger partial charge in [-0.3, -0.25) is 4.79 Å². The zero-order valence-electron chi connectivity index (χ0n) is 15.7. The van der Waals surface area contributed by atoms with Crippen LogP contribution in [0.15, 0.2) is 59.1 Å². The van der Waals surface area contributed by atoms with Crippen molar-refractivity contribution >= 4 is 11.6 Å². The quantitative estimate of drug-likeness (QED) is 0.680. The number of aryl methyl sites for hydroxylation is 1. The monoisotopic (exact) mass is 378 g/mol. The van der Waals surface area contributed by atoms with Gasteiger partial charge in [0.25, 0.3) is 5.91 Å². The number of piperazine rings is 1. The lowest BCUT2D eigenvalue weighted by Gasteiger charge is -2.36. The number of amides is 1.